The monoisotopic (exact) mass is 396 g/mol. The number of aromatic carboxylic acids is 1. The van der Waals surface area contributed by atoms with Gasteiger partial charge in [-0.15, -0.1) is 0 Å². The van der Waals surface area contributed by atoms with E-state index >= 15 is 0 Å². The second-order valence-corrected chi connectivity index (χ2v) is 7.33. The molecule has 0 atom stereocenters. The Morgan fingerprint density at radius 1 is 1.03 bits per heavy atom. The number of aryl methyl sites for hydroxylation is 1. The Labute approximate surface area is 171 Å². The van der Waals surface area contributed by atoms with E-state index in [0.717, 1.165) is 42.9 Å². The van der Waals surface area contributed by atoms with Crippen molar-refractivity contribution < 1.29 is 19.4 Å². The third-order valence-electron chi connectivity index (χ3n) is 5.28. The van der Waals surface area contributed by atoms with Crippen LogP contribution >= 0.6 is 0 Å². The summed E-state index contributed by atoms with van der Waals surface area (Å²) in [5.74, 6) is -0.466. The summed E-state index contributed by atoms with van der Waals surface area (Å²) in [6.45, 7) is 1.87. The molecule has 1 aliphatic rings. The van der Waals surface area contributed by atoms with Gasteiger partial charge in [-0.3, -0.25) is 4.79 Å². The summed E-state index contributed by atoms with van der Waals surface area (Å²) in [7, 11) is 1.61. The lowest BCUT2D eigenvalue weighted by atomic mass is 10.1. The molecule has 0 radical (unpaired) electrons. The number of carboxylic acid groups (broad SMARTS) is 1. The first kappa shape index (κ1) is 20.7. The van der Waals surface area contributed by atoms with Gasteiger partial charge >= 0.3 is 5.97 Å². The highest BCUT2D eigenvalue weighted by Crippen LogP contribution is 2.26. The number of rotatable bonds is 7. The first-order valence-corrected chi connectivity index (χ1v) is 10.1. The van der Waals surface area contributed by atoms with Gasteiger partial charge in [-0.05, 0) is 55.2 Å². The number of methoxy groups -OCH3 is 1. The lowest BCUT2D eigenvalue weighted by Crippen LogP contribution is -2.24. The first-order chi connectivity index (χ1) is 14.1. The molecule has 0 bridgehead atoms. The molecule has 1 amide bonds. The van der Waals surface area contributed by atoms with Crippen molar-refractivity contribution in [1.82, 2.24) is 0 Å². The van der Waals surface area contributed by atoms with Gasteiger partial charge in [0.2, 0.25) is 5.91 Å². The Bertz CT molecular complexity index is 840. The van der Waals surface area contributed by atoms with Crippen LogP contribution in [-0.4, -0.2) is 37.2 Å². The van der Waals surface area contributed by atoms with Crippen molar-refractivity contribution >= 4 is 23.3 Å². The second-order valence-electron chi connectivity index (χ2n) is 7.33. The van der Waals surface area contributed by atoms with Gasteiger partial charge in [-0.25, -0.2) is 4.79 Å². The van der Waals surface area contributed by atoms with E-state index in [1.54, 1.807) is 19.2 Å². The molecule has 1 fully saturated rings. The Balaban J connectivity index is 1.65. The van der Waals surface area contributed by atoms with E-state index in [1.165, 1.54) is 12.8 Å². The normalized spacial score (nSPS) is 14.2. The number of hydrogen-bond acceptors (Lipinski definition) is 4. The van der Waals surface area contributed by atoms with Gasteiger partial charge in [0.25, 0.3) is 0 Å². The van der Waals surface area contributed by atoms with Crippen LogP contribution in [0.2, 0.25) is 0 Å². The summed E-state index contributed by atoms with van der Waals surface area (Å²) in [6.07, 6.45) is 5.51. The molecule has 2 aromatic rings. The fraction of sp³-hybridized carbons (Fsp3) is 0.391. The first-order valence-electron chi connectivity index (χ1n) is 10.1. The van der Waals surface area contributed by atoms with Crippen LogP contribution in [-0.2, 0) is 11.2 Å². The minimum Gasteiger partial charge on any atom is -0.497 e. The number of anilines is 2. The zero-order valence-corrected chi connectivity index (χ0v) is 16.8. The van der Waals surface area contributed by atoms with Crippen LogP contribution in [0.1, 0.15) is 48.0 Å². The standard InChI is InChI=1S/C23H28N2O4/c1-29-19-10-6-17(7-11-19)8-13-22(26)24-21-12-9-18(16-20(21)23(27)28)25-14-4-2-3-5-15-25/h6-7,9-12,16H,2-5,8,13-15H2,1H3,(H,24,26)(H,27,28). The fourth-order valence-electron chi connectivity index (χ4n) is 3.61. The molecule has 1 saturated heterocycles. The van der Waals surface area contributed by atoms with E-state index in [4.69, 9.17) is 4.74 Å². The van der Waals surface area contributed by atoms with E-state index in [-0.39, 0.29) is 17.9 Å². The van der Waals surface area contributed by atoms with Gasteiger partial charge in [0, 0.05) is 25.2 Å². The highest BCUT2D eigenvalue weighted by molar-refractivity contribution is 6.01. The minimum absolute atomic E-state index is 0.129. The maximum atomic E-state index is 12.4. The van der Waals surface area contributed by atoms with Crippen LogP contribution in [0.25, 0.3) is 0 Å². The molecule has 0 unspecified atom stereocenters. The molecule has 3 rings (SSSR count). The minimum atomic E-state index is -1.04. The quantitative estimate of drug-likeness (QED) is 0.728. The number of ether oxygens (including phenoxy) is 1. The van der Waals surface area contributed by atoms with Gasteiger partial charge in [0.1, 0.15) is 5.75 Å². The van der Waals surface area contributed by atoms with E-state index in [2.05, 4.69) is 10.2 Å². The molecule has 1 heterocycles. The average molecular weight is 396 g/mol. The number of benzene rings is 2. The number of amides is 1. The van der Waals surface area contributed by atoms with Gasteiger partial charge < -0.3 is 20.1 Å². The van der Waals surface area contributed by atoms with Crippen molar-refractivity contribution in [3.63, 3.8) is 0 Å². The largest absolute Gasteiger partial charge is 0.497 e. The predicted octanol–water partition coefficient (Wildman–Crippen LogP) is 4.35. The Kier molecular flexibility index (Phi) is 7.11. The van der Waals surface area contributed by atoms with Crippen LogP contribution in [0.3, 0.4) is 0 Å². The second kappa shape index (κ2) is 9.96. The Hall–Kier alpha value is -3.02. The van der Waals surface area contributed by atoms with Crippen LogP contribution in [0, 0.1) is 0 Å². The van der Waals surface area contributed by atoms with Crippen molar-refractivity contribution in [2.75, 3.05) is 30.4 Å². The summed E-state index contributed by atoms with van der Waals surface area (Å²) in [6, 6.07) is 12.8. The van der Waals surface area contributed by atoms with Crippen LogP contribution in [0.15, 0.2) is 42.5 Å². The van der Waals surface area contributed by atoms with Crippen LogP contribution in [0.5, 0.6) is 5.75 Å². The maximum absolute atomic E-state index is 12.4. The van der Waals surface area contributed by atoms with E-state index < -0.39 is 5.97 Å². The highest BCUT2D eigenvalue weighted by Gasteiger charge is 2.17. The van der Waals surface area contributed by atoms with Crippen LogP contribution < -0.4 is 15.0 Å². The molecule has 154 valence electrons. The SMILES string of the molecule is COc1ccc(CCC(=O)Nc2ccc(N3CCCCCC3)cc2C(=O)O)cc1. The summed E-state index contributed by atoms with van der Waals surface area (Å²) in [5, 5.41) is 12.4. The van der Waals surface area contributed by atoms with Crippen LogP contribution in [0.4, 0.5) is 11.4 Å². The van der Waals surface area contributed by atoms with Crippen molar-refractivity contribution in [2.45, 2.75) is 38.5 Å². The lowest BCUT2D eigenvalue weighted by Gasteiger charge is -2.23. The Morgan fingerprint density at radius 3 is 2.34 bits per heavy atom. The lowest BCUT2D eigenvalue weighted by molar-refractivity contribution is -0.116. The molecule has 2 N–H and O–H groups in total. The molecular weight excluding hydrogens is 368 g/mol. The summed E-state index contributed by atoms with van der Waals surface area (Å²) in [5.41, 5.74) is 2.40. The van der Waals surface area contributed by atoms with Gasteiger partial charge in [-0.2, -0.15) is 0 Å². The number of nitrogens with zero attached hydrogens (tertiary/aromatic N) is 1. The zero-order chi connectivity index (χ0) is 20.6. The van der Waals surface area contributed by atoms with Gasteiger partial charge in [0.05, 0.1) is 18.4 Å². The molecular formula is C23H28N2O4. The molecule has 0 aliphatic carbocycles. The molecule has 29 heavy (non-hydrogen) atoms. The molecule has 6 heteroatoms. The third-order valence-corrected chi connectivity index (χ3v) is 5.28. The van der Waals surface area contributed by atoms with Gasteiger partial charge in [-0.1, -0.05) is 25.0 Å². The third kappa shape index (κ3) is 5.73. The number of carboxylic acids is 1. The molecule has 0 saturated carbocycles. The fourth-order valence-corrected chi connectivity index (χ4v) is 3.61. The van der Waals surface area contributed by atoms with Gasteiger partial charge in [0.15, 0.2) is 0 Å². The number of hydrogen-bond donors (Lipinski definition) is 2. The molecule has 2 aromatic carbocycles. The van der Waals surface area contributed by atoms with E-state index in [1.807, 2.05) is 30.3 Å². The number of carbonyl (C=O) groups excluding carboxylic acids is 1. The molecule has 6 nitrogen and oxygen atoms in total. The molecule has 0 aromatic heterocycles. The van der Waals surface area contributed by atoms with E-state index in [0.29, 0.717) is 12.1 Å². The predicted molar refractivity (Wildman–Crippen MR) is 114 cm³/mol. The van der Waals surface area contributed by atoms with Crippen molar-refractivity contribution in [2.24, 2.45) is 0 Å². The van der Waals surface area contributed by atoms with Crippen molar-refractivity contribution in [3.05, 3.63) is 53.6 Å². The summed E-state index contributed by atoms with van der Waals surface area (Å²) < 4.78 is 5.13. The van der Waals surface area contributed by atoms with E-state index in [9.17, 15) is 14.7 Å². The molecule has 1 aliphatic heterocycles. The Morgan fingerprint density at radius 2 is 1.72 bits per heavy atom. The average Bonchev–Trinajstić information content (AvgIpc) is 3.02. The highest BCUT2D eigenvalue weighted by atomic mass is 16.5. The number of nitrogens with one attached hydrogen (secondary N) is 1. The van der Waals surface area contributed by atoms with Crippen molar-refractivity contribution in [1.29, 1.82) is 0 Å². The smallest absolute Gasteiger partial charge is 0.337 e. The number of carbonyl (C=O) groups is 2. The van der Waals surface area contributed by atoms with Crippen molar-refractivity contribution in [3.8, 4) is 5.75 Å². The zero-order valence-electron chi connectivity index (χ0n) is 16.8. The topological polar surface area (TPSA) is 78.9 Å². The maximum Gasteiger partial charge on any atom is 0.337 e. The molecule has 0 spiro atoms. The summed E-state index contributed by atoms with van der Waals surface area (Å²) >= 11 is 0. The summed E-state index contributed by atoms with van der Waals surface area (Å²) in [4.78, 5) is 26.4.